The van der Waals surface area contributed by atoms with E-state index in [1.807, 2.05) is 56.3 Å². The SMILES string of the molecule is COc1ccc(-c2nn(CCC#N)cc2C=C(C#N)C(=O)N(C)CCOc2cc(C)cc(C)c2)cc1. The van der Waals surface area contributed by atoms with E-state index in [0.717, 1.165) is 22.4 Å². The normalized spacial score (nSPS) is 10.9. The quantitative estimate of drug-likeness (QED) is 0.310. The molecule has 0 aliphatic carbocycles. The zero-order valence-electron chi connectivity index (χ0n) is 21.0. The van der Waals surface area contributed by atoms with Crippen molar-refractivity contribution in [1.29, 1.82) is 10.5 Å². The zero-order chi connectivity index (χ0) is 26.1. The molecule has 3 aromatic rings. The number of aryl methyl sites for hydroxylation is 3. The summed E-state index contributed by atoms with van der Waals surface area (Å²) in [6.45, 7) is 5.02. The summed E-state index contributed by atoms with van der Waals surface area (Å²) in [7, 11) is 3.23. The molecule has 0 fully saturated rings. The highest BCUT2D eigenvalue weighted by Gasteiger charge is 2.18. The van der Waals surface area contributed by atoms with E-state index < -0.39 is 5.91 Å². The number of amides is 1. The molecule has 0 bridgehead atoms. The minimum Gasteiger partial charge on any atom is -0.497 e. The van der Waals surface area contributed by atoms with Gasteiger partial charge in [0.1, 0.15) is 29.7 Å². The van der Waals surface area contributed by atoms with Crippen LogP contribution >= 0.6 is 0 Å². The Labute approximate surface area is 211 Å². The number of carbonyl (C=O) groups is 1. The monoisotopic (exact) mass is 483 g/mol. The summed E-state index contributed by atoms with van der Waals surface area (Å²) in [5.74, 6) is 1.04. The third-order valence-electron chi connectivity index (χ3n) is 5.49. The van der Waals surface area contributed by atoms with Crippen LogP contribution in [0.25, 0.3) is 17.3 Å². The van der Waals surface area contributed by atoms with Gasteiger partial charge in [-0.15, -0.1) is 0 Å². The summed E-state index contributed by atoms with van der Waals surface area (Å²) in [6, 6.07) is 17.4. The first-order valence-corrected chi connectivity index (χ1v) is 11.5. The van der Waals surface area contributed by atoms with E-state index in [-0.39, 0.29) is 5.57 Å². The van der Waals surface area contributed by atoms with Crippen LogP contribution in [0.15, 0.2) is 54.2 Å². The van der Waals surface area contributed by atoms with E-state index in [4.69, 9.17) is 14.7 Å². The number of nitrogens with zero attached hydrogens (tertiary/aromatic N) is 5. The fourth-order valence-corrected chi connectivity index (χ4v) is 3.72. The first-order chi connectivity index (χ1) is 17.3. The first kappa shape index (κ1) is 26.1. The lowest BCUT2D eigenvalue weighted by Gasteiger charge is -2.17. The highest BCUT2D eigenvalue weighted by Crippen LogP contribution is 2.26. The molecule has 0 saturated heterocycles. The lowest BCUT2D eigenvalue weighted by atomic mass is 10.1. The van der Waals surface area contributed by atoms with Crippen LogP contribution < -0.4 is 9.47 Å². The molecule has 36 heavy (non-hydrogen) atoms. The molecule has 8 heteroatoms. The Morgan fingerprint density at radius 3 is 2.42 bits per heavy atom. The van der Waals surface area contributed by atoms with Gasteiger partial charge in [0.05, 0.1) is 38.4 Å². The fourth-order valence-electron chi connectivity index (χ4n) is 3.72. The number of hydrogen-bond donors (Lipinski definition) is 0. The van der Waals surface area contributed by atoms with Crippen molar-refractivity contribution >= 4 is 12.0 Å². The molecular weight excluding hydrogens is 454 g/mol. The van der Waals surface area contributed by atoms with E-state index in [0.29, 0.717) is 43.1 Å². The Bertz CT molecular complexity index is 1310. The third-order valence-corrected chi connectivity index (χ3v) is 5.49. The van der Waals surface area contributed by atoms with Crippen LogP contribution in [0.4, 0.5) is 0 Å². The van der Waals surface area contributed by atoms with E-state index >= 15 is 0 Å². The van der Waals surface area contributed by atoms with Crippen molar-refractivity contribution in [1.82, 2.24) is 14.7 Å². The van der Waals surface area contributed by atoms with Gasteiger partial charge >= 0.3 is 0 Å². The Morgan fingerprint density at radius 2 is 1.81 bits per heavy atom. The lowest BCUT2D eigenvalue weighted by molar-refractivity contribution is -0.125. The molecule has 8 nitrogen and oxygen atoms in total. The van der Waals surface area contributed by atoms with Crippen molar-refractivity contribution < 1.29 is 14.3 Å². The Hall–Kier alpha value is -4.56. The standard InChI is InChI=1S/C28H29N5O3/c1-20-14-21(2)16-26(15-20)36-13-12-32(3)28(34)23(18-30)17-24-19-33(11-5-10-29)31-27(24)22-6-8-25(35-4)9-7-22/h6-9,14-17,19H,5,11-13H2,1-4H3. The minimum absolute atomic E-state index is 0.0153. The highest BCUT2D eigenvalue weighted by atomic mass is 16.5. The van der Waals surface area contributed by atoms with Gasteiger partial charge in [0.25, 0.3) is 5.91 Å². The number of benzene rings is 2. The van der Waals surface area contributed by atoms with Gasteiger partial charge < -0.3 is 14.4 Å². The van der Waals surface area contributed by atoms with Gasteiger partial charge in [-0.25, -0.2) is 0 Å². The van der Waals surface area contributed by atoms with Crippen LogP contribution in [0.3, 0.4) is 0 Å². The van der Waals surface area contributed by atoms with Crippen LogP contribution in [0.5, 0.6) is 11.5 Å². The van der Waals surface area contributed by atoms with Crippen molar-refractivity contribution in [3.05, 3.63) is 70.9 Å². The number of rotatable bonds is 10. The number of nitriles is 2. The topological polar surface area (TPSA) is 104 Å². The summed E-state index contributed by atoms with van der Waals surface area (Å²) >= 11 is 0. The third kappa shape index (κ3) is 6.74. The fraction of sp³-hybridized carbons (Fsp3) is 0.286. The molecule has 0 unspecified atom stereocenters. The molecule has 1 aromatic heterocycles. The molecule has 0 N–H and O–H groups in total. The number of hydrogen-bond acceptors (Lipinski definition) is 6. The molecule has 0 atom stereocenters. The van der Waals surface area contributed by atoms with Gasteiger partial charge in [-0.05, 0) is 67.4 Å². The van der Waals surface area contributed by atoms with Crippen molar-refractivity contribution in [2.24, 2.45) is 0 Å². The molecular formula is C28H29N5O3. The summed E-state index contributed by atoms with van der Waals surface area (Å²) in [6.07, 6.45) is 3.57. The smallest absolute Gasteiger partial charge is 0.264 e. The minimum atomic E-state index is -0.410. The summed E-state index contributed by atoms with van der Waals surface area (Å²) in [5, 5.41) is 23.3. The predicted molar refractivity (Wildman–Crippen MR) is 137 cm³/mol. The second kappa shape index (κ2) is 12.2. The second-order valence-electron chi connectivity index (χ2n) is 8.40. The van der Waals surface area contributed by atoms with Gasteiger partial charge in [0.2, 0.25) is 0 Å². The summed E-state index contributed by atoms with van der Waals surface area (Å²) < 4.78 is 12.7. The molecule has 0 aliphatic rings. The van der Waals surface area contributed by atoms with Gasteiger partial charge in [0, 0.05) is 24.4 Å². The molecule has 1 amide bonds. The summed E-state index contributed by atoms with van der Waals surface area (Å²) in [5.41, 5.74) is 4.22. The molecule has 2 aromatic carbocycles. The number of ether oxygens (including phenoxy) is 2. The van der Waals surface area contributed by atoms with Crippen molar-refractivity contribution in [3.63, 3.8) is 0 Å². The largest absolute Gasteiger partial charge is 0.497 e. The molecule has 0 radical (unpaired) electrons. The van der Waals surface area contributed by atoms with Gasteiger partial charge in [-0.1, -0.05) is 6.07 Å². The van der Waals surface area contributed by atoms with Gasteiger partial charge in [-0.2, -0.15) is 15.6 Å². The Morgan fingerprint density at radius 1 is 1.11 bits per heavy atom. The second-order valence-corrected chi connectivity index (χ2v) is 8.40. The average molecular weight is 484 g/mol. The molecule has 3 rings (SSSR count). The Kier molecular flexibility index (Phi) is 8.85. The van der Waals surface area contributed by atoms with E-state index in [1.165, 1.54) is 4.90 Å². The van der Waals surface area contributed by atoms with Crippen LogP contribution in [0.1, 0.15) is 23.1 Å². The molecule has 0 saturated carbocycles. The van der Waals surface area contributed by atoms with Crippen molar-refractivity contribution in [2.75, 3.05) is 27.3 Å². The average Bonchev–Trinajstić information content (AvgIpc) is 3.27. The molecule has 1 heterocycles. The maximum atomic E-state index is 13.0. The number of carbonyl (C=O) groups excluding carboxylic acids is 1. The summed E-state index contributed by atoms with van der Waals surface area (Å²) in [4.78, 5) is 14.5. The van der Waals surface area contributed by atoms with Crippen LogP contribution in [0, 0.1) is 36.5 Å². The number of methoxy groups -OCH3 is 1. The number of aromatic nitrogens is 2. The van der Waals surface area contributed by atoms with Crippen molar-refractivity contribution in [2.45, 2.75) is 26.8 Å². The van der Waals surface area contributed by atoms with Crippen LogP contribution in [-0.4, -0.2) is 47.9 Å². The van der Waals surface area contributed by atoms with Crippen LogP contribution in [-0.2, 0) is 11.3 Å². The van der Waals surface area contributed by atoms with Gasteiger partial charge in [0.15, 0.2) is 0 Å². The van der Waals surface area contributed by atoms with E-state index in [1.54, 1.807) is 31.1 Å². The van der Waals surface area contributed by atoms with E-state index in [9.17, 15) is 10.1 Å². The van der Waals surface area contributed by atoms with Gasteiger partial charge in [-0.3, -0.25) is 9.48 Å². The first-order valence-electron chi connectivity index (χ1n) is 11.5. The molecule has 0 aliphatic heterocycles. The Balaban J connectivity index is 1.79. The molecule has 184 valence electrons. The maximum Gasteiger partial charge on any atom is 0.264 e. The van der Waals surface area contributed by atoms with Crippen molar-refractivity contribution in [3.8, 4) is 34.9 Å². The predicted octanol–water partition coefficient (Wildman–Crippen LogP) is 4.53. The lowest BCUT2D eigenvalue weighted by Crippen LogP contribution is -2.31. The van der Waals surface area contributed by atoms with Crippen LogP contribution in [0.2, 0.25) is 0 Å². The molecule has 0 spiro atoms. The maximum absolute atomic E-state index is 13.0. The highest BCUT2D eigenvalue weighted by molar-refractivity contribution is 6.02. The number of likely N-dealkylation sites (N-methyl/N-ethyl adjacent to an activating group) is 1. The zero-order valence-corrected chi connectivity index (χ0v) is 21.0. The van der Waals surface area contributed by atoms with E-state index in [2.05, 4.69) is 17.2 Å².